The summed E-state index contributed by atoms with van der Waals surface area (Å²) in [5.74, 6) is 0. The summed E-state index contributed by atoms with van der Waals surface area (Å²) < 4.78 is 37.5. The molecular formula is C13H19F3N2. The summed E-state index contributed by atoms with van der Waals surface area (Å²) in [7, 11) is 0. The van der Waals surface area contributed by atoms with Crippen molar-refractivity contribution in [3.05, 3.63) is 29.8 Å². The van der Waals surface area contributed by atoms with E-state index in [9.17, 15) is 13.2 Å². The topological polar surface area (TPSA) is 29.3 Å². The van der Waals surface area contributed by atoms with E-state index in [2.05, 4.69) is 0 Å². The molecule has 0 saturated carbocycles. The van der Waals surface area contributed by atoms with E-state index in [-0.39, 0.29) is 6.04 Å². The Morgan fingerprint density at radius 2 is 1.72 bits per heavy atom. The van der Waals surface area contributed by atoms with Gasteiger partial charge >= 0.3 is 6.18 Å². The zero-order chi connectivity index (χ0) is 13.8. The van der Waals surface area contributed by atoms with E-state index in [1.807, 2.05) is 12.1 Å². The van der Waals surface area contributed by atoms with Crippen molar-refractivity contribution in [2.24, 2.45) is 5.73 Å². The standard InChI is InChI=1S/C13H19F3N2/c1-10(2)18(9-13(14,15)16)12-5-3-11(4-6-12)7-8-17/h3-6,10H,7-9,17H2,1-2H3. The lowest BCUT2D eigenvalue weighted by Crippen LogP contribution is -2.39. The molecule has 0 unspecified atom stereocenters. The van der Waals surface area contributed by atoms with Crippen molar-refractivity contribution >= 4 is 5.69 Å². The van der Waals surface area contributed by atoms with Gasteiger partial charge in [0.15, 0.2) is 0 Å². The minimum Gasteiger partial charge on any atom is -0.360 e. The van der Waals surface area contributed by atoms with Crippen LogP contribution < -0.4 is 10.6 Å². The highest BCUT2D eigenvalue weighted by atomic mass is 19.4. The maximum Gasteiger partial charge on any atom is 0.405 e. The van der Waals surface area contributed by atoms with Crippen molar-refractivity contribution in [3.63, 3.8) is 0 Å². The highest BCUT2D eigenvalue weighted by Gasteiger charge is 2.31. The summed E-state index contributed by atoms with van der Waals surface area (Å²) in [6.07, 6.45) is -3.46. The Kier molecular flexibility index (Phi) is 5.02. The van der Waals surface area contributed by atoms with Gasteiger partial charge in [-0.15, -0.1) is 0 Å². The van der Waals surface area contributed by atoms with Crippen LogP contribution >= 0.6 is 0 Å². The molecule has 2 nitrogen and oxygen atoms in total. The van der Waals surface area contributed by atoms with Gasteiger partial charge < -0.3 is 10.6 Å². The average molecular weight is 260 g/mol. The zero-order valence-electron chi connectivity index (χ0n) is 10.7. The van der Waals surface area contributed by atoms with Crippen molar-refractivity contribution in [1.82, 2.24) is 0 Å². The number of halogens is 3. The second-order valence-corrected chi connectivity index (χ2v) is 4.54. The fourth-order valence-electron chi connectivity index (χ4n) is 1.79. The van der Waals surface area contributed by atoms with E-state index >= 15 is 0 Å². The number of nitrogens with zero attached hydrogens (tertiary/aromatic N) is 1. The first-order chi connectivity index (χ1) is 8.33. The molecular weight excluding hydrogens is 241 g/mol. The van der Waals surface area contributed by atoms with E-state index in [1.165, 1.54) is 4.90 Å². The van der Waals surface area contributed by atoms with Gasteiger partial charge in [0.2, 0.25) is 0 Å². The molecule has 1 aromatic carbocycles. The predicted molar refractivity (Wildman–Crippen MR) is 67.7 cm³/mol. The van der Waals surface area contributed by atoms with Gasteiger partial charge in [-0.05, 0) is 44.5 Å². The molecule has 0 aliphatic carbocycles. The van der Waals surface area contributed by atoms with E-state index < -0.39 is 12.7 Å². The molecule has 0 spiro atoms. The van der Waals surface area contributed by atoms with Crippen molar-refractivity contribution in [2.75, 3.05) is 18.0 Å². The lowest BCUT2D eigenvalue weighted by atomic mass is 10.1. The molecule has 0 bridgehead atoms. The van der Waals surface area contributed by atoms with Crippen LogP contribution in [0.1, 0.15) is 19.4 Å². The van der Waals surface area contributed by atoms with Crippen LogP contribution in [0.3, 0.4) is 0 Å². The summed E-state index contributed by atoms with van der Waals surface area (Å²) in [5, 5.41) is 0. The van der Waals surface area contributed by atoms with Gasteiger partial charge in [-0.25, -0.2) is 0 Å². The fraction of sp³-hybridized carbons (Fsp3) is 0.538. The lowest BCUT2D eigenvalue weighted by Gasteiger charge is -2.30. The average Bonchev–Trinajstić information content (AvgIpc) is 2.26. The fourth-order valence-corrected chi connectivity index (χ4v) is 1.79. The smallest absolute Gasteiger partial charge is 0.360 e. The maximum absolute atomic E-state index is 12.5. The number of alkyl halides is 3. The van der Waals surface area contributed by atoms with E-state index in [1.54, 1.807) is 26.0 Å². The second kappa shape index (κ2) is 6.09. The molecule has 0 heterocycles. The number of anilines is 1. The number of hydrogen-bond donors (Lipinski definition) is 1. The number of hydrogen-bond acceptors (Lipinski definition) is 2. The van der Waals surface area contributed by atoms with E-state index in [0.29, 0.717) is 12.2 Å². The van der Waals surface area contributed by atoms with Crippen LogP contribution in [0.15, 0.2) is 24.3 Å². The van der Waals surface area contributed by atoms with Gasteiger partial charge in [0.05, 0.1) is 0 Å². The van der Waals surface area contributed by atoms with Gasteiger partial charge in [-0.3, -0.25) is 0 Å². The molecule has 0 aliphatic rings. The van der Waals surface area contributed by atoms with E-state index in [0.717, 1.165) is 12.0 Å². The molecule has 2 N–H and O–H groups in total. The van der Waals surface area contributed by atoms with Crippen LogP contribution in [0.25, 0.3) is 0 Å². The Hall–Kier alpha value is -1.23. The van der Waals surface area contributed by atoms with Crippen molar-refractivity contribution in [3.8, 4) is 0 Å². The van der Waals surface area contributed by atoms with E-state index in [4.69, 9.17) is 5.73 Å². The Balaban J connectivity index is 2.86. The highest BCUT2D eigenvalue weighted by Crippen LogP contribution is 2.24. The molecule has 0 saturated heterocycles. The molecule has 1 aromatic rings. The first-order valence-electron chi connectivity index (χ1n) is 5.96. The predicted octanol–water partition coefficient (Wildman–Crippen LogP) is 2.96. The summed E-state index contributed by atoms with van der Waals surface area (Å²) in [4.78, 5) is 1.34. The Morgan fingerprint density at radius 3 is 2.11 bits per heavy atom. The van der Waals surface area contributed by atoms with Crippen LogP contribution in [0.4, 0.5) is 18.9 Å². The van der Waals surface area contributed by atoms with Crippen LogP contribution in [0.2, 0.25) is 0 Å². The molecule has 1 rings (SSSR count). The van der Waals surface area contributed by atoms with Gasteiger partial charge in [0, 0.05) is 11.7 Å². The Labute approximate surface area is 106 Å². The van der Waals surface area contributed by atoms with Gasteiger partial charge in [0.1, 0.15) is 6.54 Å². The lowest BCUT2D eigenvalue weighted by molar-refractivity contribution is -0.120. The van der Waals surface area contributed by atoms with Crippen LogP contribution in [0, 0.1) is 0 Å². The Morgan fingerprint density at radius 1 is 1.17 bits per heavy atom. The summed E-state index contributed by atoms with van der Waals surface area (Å²) in [5.41, 5.74) is 7.06. The molecule has 0 atom stereocenters. The molecule has 18 heavy (non-hydrogen) atoms. The quantitative estimate of drug-likeness (QED) is 0.882. The minimum absolute atomic E-state index is 0.202. The summed E-state index contributed by atoms with van der Waals surface area (Å²) >= 11 is 0. The summed E-state index contributed by atoms with van der Waals surface area (Å²) in [6, 6.07) is 6.89. The number of nitrogens with two attached hydrogens (primary N) is 1. The molecule has 0 aliphatic heterocycles. The zero-order valence-corrected chi connectivity index (χ0v) is 10.7. The van der Waals surface area contributed by atoms with Gasteiger partial charge in [-0.2, -0.15) is 13.2 Å². The van der Waals surface area contributed by atoms with Gasteiger partial charge in [0.25, 0.3) is 0 Å². The van der Waals surface area contributed by atoms with Crippen molar-refractivity contribution in [1.29, 1.82) is 0 Å². The van der Waals surface area contributed by atoms with Crippen molar-refractivity contribution < 1.29 is 13.2 Å². The highest BCUT2D eigenvalue weighted by molar-refractivity contribution is 5.48. The SMILES string of the molecule is CC(C)N(CC(F)(F)F)c1ccc(CCN)cc1. The normalized spacial score (nSPS) is 11.9. The van der Waals surface area contributed by atoms with Crippen LogP contribution in [-0.2, 0) is 6.42 Å². The molecule has 0 aromatic heterocycles. The first-order valence-corrected chi connectivity index (χ1v) is 5.96. The third-order valence-electron chi connectivity index (χ3n) is 2.67. The first kappa shape index (κ1) is 14.8. The number of benzene rings is 1. The molecule has 102 valence electrons. The maximum atomic E-state index is 12.5. The second-order valence-electron chi connectivity index (χ2n) is 4.54. The van der Waals surface area contributed by atoms with Gasteiger partial charge in [-0.1, -0.05) is 12.1 Å². The monoisotopic (exact) mass is 260 g/mol. The van der Waals surface area contributed by atoms with Crippen LogP contribution in [0.5, 0.6) is 0 Å². The minimum atomic E-state index is -4.19. The molecule has 5 heteroatoms. The van der Waals surface area contributed by atoms with Crippen LogP contribution in [-0.4, -0.2) is 25.3 Å². The van der Waals surface area contributed by atoms with Crippen molar-refractivity contribution in [2.45, 2.75) is 32.5 Å². The molecule has 0 amide bonds. The third kappa shape index (κ3) is 4.56. The Bertz CT molecular complexity index is 357. The third-order valence-corrected chi connectivity index (χ3v) is 2.67. The number of rotatable bonds is 5. The largest absolute Gasteiger partial charge is 0.405 e. The molecule has 0 radical (unpaired) electrons. The summed E-state index contributed by atoms with van der Waals surface area (Å²) in [6.45, 7) is 3.11. The molecule has 0 fully saturated rings.